The maximum atomic E-state index is 13.1. The molecule has 0 aliphatic rings. The monoisotopic (exact) mass is 1510 g/mol. The molecule has 0 aliphatic heterocycles. The minimum atomic E-state index is -4.98. The molecule has 604 valence electrons. The van der Waals surface area contributed by atoms with Crippen LogP contribution in [0.1, 0.15) is 374 Å². The number of hydrogen-bond acceptors (Lipinski definition) is 15. The van der Waals surface area contributed by atoms with Gasteiger partial charge in [-0.05, 0) is 122 Å². The largest absolute Gasteiger partial charge is 0.472 e. The number of phosphoric acid groups is 2. The predicted molar refractivity (Wildman–Crippen MR) is 427 cm³/mol. The lowest BCUT2D eigenvalue weighted by molar-refractivity contribution is -0.161. The van der Waals surface area contributed by atoms with E-state index in [1.54, 1.807) is 0 Å². The molecule has 0 bridgehead atoms. The van der Waals surface area contributed by atoms with Gasteiger partial charge in [0.2, 0.25) is 0 Å². The van der Waals surface area contributed by atoms with E-state index in [9.17, 15) is 43.2 Å². The first-order chi connectivity index (χ1) is 50.7. The van der Waals surface area contributed by atoms with E-state index < -0.39 is 97.5 Å². The van der Waals surface area contributed by atoms with E-state index in [0.29, 0.717) is 25.7 Å². The number of hydrogen-bond donors (Lipinski definition) is 3. The molecule has 5 atom stereocenters. The molecule has 3 N–H and O–H groups in total. The van der Waals surface area contributed by atoms with E-state index in [1.165, 1.54) is 122 Å². The van der Waals surface area contributed by atoms with Gasteiger partial charge >= 0.3 is 39.5 Å². The van der Waals surface area contributed by atoms with Crippen LogP contribution in [-0.4, -0.2) is 96.7 Å². The second kappa shape index (κ2) is 77.4. The lowest BCUT2D eigenvalue weighted by atomic mass is 10.0. The fourth-order valence-corrected chi connectivity index (χ4v) is 13.1. The molecule has 0 saturated carbocycles. The normalized spacial score (nSPS) is 14.3. The number of aliphatic hydroxyl groups excluding tert-OH is 1. The van der Waals surface area contributed by atoms with E-state index in [0.717, 1.165) is 173 Å². The third-order valence-corrected chi connectivity index (χ3v) is 19.7. The second-order valence-electron chi connectivity index (χ2n) is 28.0. The Bertz CT molecular complexity index is 2300. The summed E-state index contributed by atoms with van der Waals surface area (Å²) < 4.78 is 68.7. The van der Waals surface area contributed by atoms with Gasteiger partial charge in [0, 0.05) is 25.7 Å². The highest BCUT2D eigenvalue weighted by Crippen LogP contribution is 2.45. The number of ether oxygens (including phenoxy) is 4. The summed E-state index contributed by atoms with van der Waals surface area (Å²) >= 11 is 0. The molecule has 0 aromatic heterocycles. The quantitative estimate of drug-likeness (QED) is 0.0169. The fraction of sp³-hybridized carbons (Fsp3) is 0.788. The van der Waals surface area contributed by atoms with Gasteiger partial charge in [-0.25, -0.2) is 9.13 Å². The van der Waals surface area contributed by atoms with Crippen molar-refractivity contribution in [3.8, 4) is 0 Å². The summed E-state index contributed by atoms with van der Waals surface area (Å²) in [5.74, 6) is -2.18. The lowest BCUT2D eigenvalue weighted by Crippen LogP contribution is -2.30. The molecule has 19 heteroatoms. The minimum absolute atomic E-state index is 0.0845. The van der Waals surface area contributed by atoms with Crippen LogP contribution in [0.2, 0.25) is 0 Å². The van der Waals surface area contributed by atoms with Crippen molar-refractivity contribution >= 4 is 39.5 Å². The van der Waals surface area contributed by atoms with Crippen LogP contribution in [0.15, 0.2) is 85.1 Å². The predicted octanol–water partition coefficient (Wildman–Crippen LogP) is 24.6. The summed E-state index contributed by atoms with van der Waals surface area (Å²) in [5.41, 5.74) is 0. The van der Waals surface area contributed by atoms with Crippen LogP contribution in [0.25, 0.3) is 0 Å². The van der Waals surface area contributed by atoms with E-state index >= 15 is 0 Å². The average Bonchev–Trinajstić information content (AvgIpc) is 0.918. The van der Waals surface area contributed by atoms with Crippen molar-refractivity contribution in [2.24, 2.45) is 0 Å². The van der Waals surface area contributed by atoms with E-state index in [4.69, 9.17) is 37.0 Å². The molecule has 0 aromatic rings. The Hall–Kier alpha value is -3.76. The lowest BCUT2D eigenvalue weighted by Gasteiger charge is -2.21. The van der Waals surface area contributed by atoms with E-state index in [2.05, 4.69) is 113 Å². The zero-order valence-electron chi connectivity index (χ0n) is 66.2. The molecule has 0 amide bonds. The summed E-state index contributed by atoms with van der Waals surface area (Å²) in [7, 11) is -9.96. The zero-order valence-corrected chi connectivity index (χ0v) is 68.0. The van der Waals surface area contributed by atoms with E-state index in [-0.39, 0.29) is 25.7 Å². The van der Waals surface area contributed by atoms with Gasteiger partial charge < -0.3 is 33.8 Å². The Balaban J connectivity index is 5.36. The highest BCUT2D eigenvalue weighted by atomic mass is 31.2. The molecule has 0 spiro atoms. The Morgan fingerprint density at radius 1 is 0.279 bits per heavy atom. The van der Waals surface area contributed by atoms with Crippen molar-refractivity contribution in [3.63, 3.8) is 0 Å². The third kappa shape index (κ3) is 76.4. The summed E-state index contributed by atoms with van der Waals surface area (Å²) in [6.07, 6.45) is 81.1. The third-order valence-electron chi connectivity index (χ3n) is 17.8. The summed E-state index contributed by atoms with van der Waals surface area (Å²) in [6.45, 7) is 4.77. The second-order valence-corrected chi connectivity index (χ2v) is 30.9. The number of unbranched alkanes of at least 4 members (excludes halogenated alkanes) is 39. The molecule has 0 aromatic carbocycles. The van der Waals surface area contributed by atoms with Crippen molar-refractivity contribution in [1.29, 1.82) is 0 Å². The number of phosphoric ester groups is 2. The van der Waals surface area contributed by atoms with Crippen LogP contribution >= 0.6 is 15.6 Å². The van der Waals surface area contributed by atoms with Crippen LogP contribution in [0, 0.1) is 0 Å². The number of esters is 4. The maximum absolute atomic E-state index is 13.1. The van der Waals surface area contributed by atoms with Crippen LogP contribution < -0.4 is 0 Å². The van der Waals surface area contributed by atoms with Gasteiger partial charge in [0.25, 0.3) is 0 Å². The van der Waals surface area contributed by atoms with Gasteiger partial charge in [0.1, 0.15) is 19.3 Å². The molecule has 0 heterocycles. The molecule has 0 radical (unpaired) electrons. The number of rotatable bonds is 79. The number of allylic oxidation sites excluding steroid dienone is 14. The van der Waals surface area contributed by atoms with Gasteiger partial charge in [-0.3, -0.25) is 37.3 Å². The van der Waals surface area contributed by atoms with Crippen molar-refractivity contribution in [2.75, 3.05) is 39.6 Å². The Labute approximate surface area is 634 Å². The highest BCUT2D eigenvalue weighted by Gasteiger charge is 2.30. The van der Waals surface area contributed by atoms with Crippen LogP contribution in [-0.2, 0) is 65.4 Å². The van der Waals surface area contributed by atoms with Gasteiger partial charge in [-0.2, -0.15) is 0 Å². The standard InChI is InChI=1S/C85H152O17P2/c1-5-9-13-17-21-25-29-33-37-38-39-40-44-46-50-54-58-62-66-70-83(88)96-76-81(102-85(90)72-68-64-60-56-52-48-43-36-32-28-24-20-16-12-8-4)78-100-104(93,94)98-74-79(86)73-97-103(91,92)99-77-80(101-84(89)71-67-63-59-55-51-47-42-35-31-27-23-19-15-11-7-3)75-95-82(87)69-65-61-57-53-49-45-41-34-30-26-22-18-14-10-6-2/h9,13,21-22,25-26,33-35,37,39-42,79-81,86H,5-8,10-12,14-20,23-24,27-32,36,38,43-78H2,1-4H3,(H,91,92)(H,93,94)/b13-9-,25-21-,26-22-,37-33-,40-39-,41-34-,42-35-. The maximum Gasteiger partial charge on any atom is 0.472 e. The minimum Gasteiger partial charge on any atom is -0.462 e. The number of carbonyl (C=O) groups excluding carboxylic acids is 4. The first kappa shape index (κ1) is 100. The SMILES string of the molecule is CC/C=C\C/C=C\C/C=C\C/C=C\CCCCCCCCC(=O)OCC(COP(=O)(O)OCC(O)COP(=O)(O)OCC(COC(=O)CCCCCCC/C=C\C/C=C\CCCCC)OC(=O)CCCCCCC/C=C\CCCCCCCC)OC(=O)CCCCCCCCCCCCCCCCC. The average molecular weight is 1510 g/mol. The first-order valence-electron chi connectivity index (χ1n) is 41.8. The molecule has 0 rings (SSSR count). The van der Waals surface area contributed by atoms with Crippen molar-refractivity contribution in [1.82, 2.24) is 0 Å². The topological polar surface area (TPSA) is 237 Å². The van der Waals surface area contributed by atoms with Gasteiger partial charge in [0.15, 0.2) is 12.2 Å². The van der Waals surface area contributed by atoms with Crippen molar-refractivity contribution in [2.45, 2.75) is 393 Å². The molecular weight excluding hydrogens is 1350 g/mol. The Morgan fingerprint density at radius 3 is 0.798 bits per heavy atom. The summed E-state index contributed by atoms with van der Waals surface area (Å²) in [5, 5.41) is 10.7. The highest BCUT2D eigenvalue weighted by molar-refractivity contribution is 7.47. The fourth-order valence-electron chi connectivity index (χ4n) is 11.5. The molecule has 5 unspecified atom stereocenters. The molecule has 0 aliphatic carbocycles. The smallest absolute Gasteiger partial charge is 0.462 e. The number of aliphatic hydroxyl groups is 1. The van der Waals surface area contributed by atoms with Crippen molar-refractivity contribution in [3.05, 3.63) is 85.1 Å². The van der Waals surface area contributed by atoms with Crippen LogP contribution in [0.5, 0.6) is 0 Å². The first-order valence-corrected chi connectivity index (χ1v) is 44.8. The van der Waals surface area contributed by atoms with Crippen LogP contribution in [0.4, 0.5) is 0 Å². The summed E-state index contributed by atoms with van der Waals surface area (Å²) in [4.78, 5) is 73.1. The Morgan fingerprint density at radius 2 is 0.500 bits per heavy atom. The van der Waals surface area contributed by atoms with Crippen molar-refractivity contribution < 1.29 is 80.2 Å². The van der Waals surface area contributed by atoms with Gasteiger partial charge in [-0.15, -0.1) is 0 Å². The molecule has 0 saturated heterocycles. The van der Waals surface area contributed by atoms with Gasteiger partial charge in [-0.1, -0.05) is 312 Å². The summed E-state index contributed by atoms with van der Waals surface area (Å²) in [6, 6.07) is 0. The number of carbonyl (C=O) groups is 4. The molecule has 104 heavy (non-hydrogen) atoms. The molecule has 17 nitrogen and oxygen atoms in total. The van der Waals surface area contributed by atoms with Crippen LogP contribution in [0.3, 0.4) is 0 Å². The van der Waals surface area contributed by atoms with E-state index in [1.807, 2.05) is 0 Å². The van der Waals surface area contributed by atoms with Gasteiger partial charge in [0.05, 0.1) is 26.4 Å². The zero-order chi connectivity index (χ0) is 76.0. The molecular formula is C85H152O17P2. The molecule has 0 fully saturated rings. The Kier molecular flexibility index (Phi) is 74.6.